The van der Waals surface area contributed by atoms with Crippen molar-refractivity contribution in [2.24, 2.45) is 0 Å². The van der Waals surface area contributed by atoms with Gasteiger partial charge in [-0.15, -0.1) is 0 Å². The van der Waals surface area contributed by atoms with Gasteiger partial charge in [0.1, 0.15) is 23.9 Å². The van der Waals surface area contributed by atoms with E-state index in [9.17, 15) is 9.18 Å². The maximum absolute atomic E-state index is 14.5. The number of halogens is 1. The SMILES string of the molecule is CCOC(CC(=O)OC)(Cc1ccc(OC(C)N2CCOc3ccccc32)cc1)Cc1ccccc1F. The monoisotopic (exact) mass is 507 g/mol. The fourth-order valence-electron chi connectivity index (χ4n) is 4.86. The zero-order chi connectivity index (χ0) is 26.3. The van der Waals surface area contributed by atoms with Crippen molar-refractivity contribution in [2.45, 2.75) is 44.9 Å². The fourth-order valence-corrected chi connectivity index (χ4v) is 4.86. The standard InChI is InChI=1S/C30H34FNO5/c1-4-36-30(21-29(33)34-3,20-24-9-5-6-10-26(24)31)19-23-13-15-25(16-14-23)37-22(2)32-17-18-35-28-12-8-7-11-27(28)32/h5-16,22H,4,17-21H2,1-3H3. The highest BCUT2D eigenvalue weighted by Crippen LogP contribution is 2.33. The third-order valence-corrected chi connectivity index (χ3v) is 6.57. The first kappa shape index (κ1) is 26.5. The van der Waals surface area contributed by atoms with Gasteiger partial charge in [-0.25, -0.2) is 4.39 Å². The van der Waals surface area contributed by atoms with E-state index in [0.717, 1.165) is 29.3 Å². The lowest BCUT2D eigenvalue weighted by Crippen LogP contribution is -2.42. The highest BCUT2D eigenvalue weighted by molar-refractivity contribution is 5.70. The molecule has 37 heavy (non-hydrogen) atoms. The first-order valence-electron chi connectivity index (χ1n) is 12.6. The molecule has 6 nitrogen and oxygen atoms in total. The highest BCUT2D eigenvalue weighted by Gasteiger charge is 2.35. The van der Waals surface area contributed by atoms with Crippen molar-refractivity contribution in [1.82, 2.24) is 0 Å². The Bertz CT molecular complexity index is 1180. The van der Waals surface area contributed by atoms with Crippen molar-refractivity contribution in [2.75, 3.05) is 31.8 Å². The predicted octanol–water partition coefficient (Wildman–Crippen LogP) is 5.57. The van der Waals surface area contributed by atoms with Crippen LogP contribution in [0.3, 0.4) is 0 Å². The van der Waals surface area contributed by atoms with Crippen molar-refractivity contribution < 1.29 is 28.1 Å². The Kier molecular flexibility index (Phi) is 8.66. The number of anilines is 1. The van der Waals surface area contributed by atoms with Crippen LogP contribution in [0.25, 0.3) is 0 Å². The molecule has 3 aromatic carbocycles. The van der Waals surface area contributed by atoms with Crippen molar-refractivity contribution >= 4 is 11.7 Å². The van der Waals surface area contributed by atoms with Gasteiger partial charge >= 0.3 is 5.97 Å². The molecule has 0 fully saturated rings. The van der Waals surface area contributed by atoms with Gasteiger partial charge < -0.3 is 23.8 Å². The molecule has 1 aliphatic rings. The summed E-state index contributed by atoms with van der Waals surface area (Å²) in [5.74, 6) is 0.861. The molecule has 0 radical (unpaired) electrons. The smallest absolute Gasteiger partial charge is 0.308 e. The number of esters is 1. The number of nitrogens with zero attached hydrogens (tertiary/aromatic N) is 1. The number of benzene rings is 3. The number of rotatable bonds is 11. The van der Waals surface area contributed by atoms with Crippen LogP contribution in [0.1, 0.15) is 31.4 Å². The summed E-state index contributed by atoms with van der Waals surface area (Å²) in [6.45, 7) is 5.60. The molecule has 3 aromatic rings. The molecule has 2 unspecified atom stereocenters. The average Bonchev–Trinajstić information content (AvgIpc) is 2.91. The van der Waals surface area contributed by atoms with Crippen LogP contribution in [-0.4, -0.2) is 44.7 Å². The third-order valence-electron chi connectivity index (χ3n) is 6.57. The minimum atomic E-state index is -0.947. The average molecular weight is 508 g/mol. The van der Waals surface area contributed by atoms with E-state index in [1.807, 2.05) is 62.4 Å². The van der Waals surface area contributed by atoms with Crippen LogP contribution in [0.2, 0.25) is 0 Å². The largest absolute Gasteiger partial charge is 0.490 e. The van der Waals surface area contributed by atoms with Crippen LogP contribution in [0.4, 0.5) is 10.1 Å². The van der Waals surface area contributed by atoms with E-state index in [4.69, 9.17) is 18.9 Å². The van der Waals surface area contributed by atoms with Crippen molar-refractivity contribution in [3.05, 3.63) is 89.7 Å². The van der Waals surface area contributed by atoms with E-state index < -0.39 is 11.6 Å². The Labute approximate surface area is 217 Å². The van der Waals surface area contributed by atoms with E-state index in [-0.39, 0.29) is 24.9 Å². The van der Waals surface area contributed by atoms with Crippen LogP contribution >= 0.6 is 0 Å². The topological polar surface area (TPSA) is 57.2 Å². The minimum Gasteiger partial charge on any atom is -0.490 e. The number of methoxy groups -OCH3 is 1. The maximum Gasteiger partial charge on any atom is 0.308 e. The van der Waals surface area contributed by atoms with Gasteiger partial charge in [0.15, 0.2) is 6.23 Å². The number of carbonyl (C=O) groups excluding carboxylic acids is 1. The summed E-state index contributed by atoms with van der Waals surface area (Å²) in [7, 11) is 1.35. The van der Waals surface area contributed by atoms with Crippen LogP contribution in [0, 0.1) is 5.82 Å². The maximum atomic E-state index is 14.5. The number of carbonyl (C=O) groups is 1. The molecule has 0 amide bonds. The van der Waals surface area contributed by atoms with E-state index >= 15 is 0 Å². The van der Waals surface area contributed by atoms with Gasteiger partial charge in [-0.05, 0) is 55.3 Å². The van der Waals surface area contributed by atoms with Gasteiger partial charge in [0.05, 0.1) is 31.4 Å². The Hall–Kier alpha value is -3.58. The third kappa shape index (κ3) is 6.60. The molecule has 0 bridgehead atoms. The number of hydrogen-bond donors (Lipinski definition) is 0. The molecule has 0 saturated carbocycles. The highest BCUT2D eigenvalue weighted by atomic mass is 19.1. The van der Waals surface area contributed by atoms with E-state index in [0.29, 0.717) is 25.2 Å². The first-order chi connectivity index (χ1) is 17.9. The van der Waals surface area contributed by atoms with E-state index in [2.05, 4.69) is 4.90 Å². The van der Waals surface area contributed by atoms with Crippen molar-refractivity contribution in [3.63, 3.8) is 0 Å². The molecule has 7 heteroatoms. The molecule has 0 N–H and O–H groups in total. The van der Waals surface area contributed by atoms with Gasteiger partial charge in [-0.1, -0.05) is 42.5 Å². The minimum absolute atomic E-state index is 0.0113. The zero-order valence-electron chi connectivity index (χ0n) is 21.6. The van der Waals surface area contributed by atoms with Crippen LogP contribution in [-0.2, 0) is 27.1 Å². The molecule has 2 atom stereocenters. The molecule has 196 valence electrons. The lowest BCUT2D eigenvalue weighted by molar-refractivity contribution is -0.149. The molecule has 4 rings (SSSR count). The second-order valence-corrected chi connectivity index (χ2v) is 9.18. The fraction of sp³-hybridized carbons (Fsp3) is 0.367. The summed E-state index contributed by atoms with van der Waals surface area (Å²) in [5, 5.41) is 0. The number of para-hydroxylation sites is 2. The van der Waals surface area contributed by atoms with E-state index in [1.54, 1.807) is 18.2 Å². The summed E-state index contributed by atoms with van der Waals surface area (Å²) in [6.07, 6.45) is 0.474. The quantitative estimate of drug-likeness (QED) is 0.316. The molecule has 1 heterocycles. The summed E-state index contributed by atoms with van der Waals surface area (Å²) in [6, 6.07) is 22.3. The molecule has 0 spiro atoms. The summed E-state index contributed by atoms with van der Waals surface area (Å²) in [5.41, 5.74) is 1.51. The number of fused-ring (bicyclic) bond motifs is 1. The van der Waals surface area contributed by atoms with Crippen molar-refractivity contribution in [3.8, 4) is 11.5 Å². The first-order valence-corrected chi connectivity index (χ1v) is 12.6. The number of ether oxygens (including phenoxy) is 4. The van der Waals surface area contributed by atoms with Crippen molar-refractivity contribution in [1.29, 1.82) is 0 Å². The van der Waals surface area contributed by atoms with Crippen LogP contribution < -0.4 is 14.4 Å². The lowest BCUT2D eigenvalue weighted by atomic mass is 9.84. The summed E-state index contributed by atoms with van der Waals surface area (Å²) < 4.78 is 37.7. The molecule has 0 aromatic heterocycles. The molecule has 0 aliphatic carbocycles. The van der Waals surface area contributed by atoms with Crippen LogP contribution in [0.5, 0.6) is 11.5 Å². The summed E-state index contributed by atoms with van der Waals surface area (Å²) >= 11 is 0. The molecule has 1 aliphatic heterocycles. The van der Waals surface area contributed by atoms with E-state index in [1.165, 1.54) is 13.2 Å². The van der Waals surface area contributed by atoms with Gasteiger partial charge in [0, 0.05) is 19.4 Å². The molecular formula is C30H34FNO5. The predicted molar refractivity (Wildman–Crippen MR) is 141 cm³/mol. The second kappa shape index (κ2) is 12.1. The lowest BCUT2D eigenvalue weighted by Gasteiger charge is -2.35. The van der Waals surface area contributed by atoms with Gasteiger partial charge in [-0.3, -0.25) is 4.79 Å². The Morgan fingerprint density at radius 2 is 1.78 bits per heavy atom. The number of hydrogen-bond acceptors (Lipinski definition) is 6. The van der Waals surface area contributed by atoms with Crippen LogP contribution in [0.15, 0.2) is 72.8 Å². The Morgan fingerprint density at radius 1 is 1.05 bits per heavy atom. The van der Waals surface area contributed by atoms with Gasteiger partial charge in [0.2, 0.25) is 0 Å². The second-order valence-electron chi connectivity index (χ2n) is 9.18. The normalized spacial score (nSPS) is 15.2. The molecular weight excluding hydrogens is 473 g/mol. The van der Waals surface area contributed by atoms with Gasteiger partial charge in [-0.2, -0.15) is 0 Å². The summed E-state index contributed by atoms with van der Waals surface area (Å²) in [4.78, 5) is 14.5. The Balaban J connectivity index is 1.51. The Morgan fingerprint density at radius 3 is 2.51 bits per heavy atom. The zero-order valence-corrected chi connectivity index (χ0v) is 21.6. The molecule has 0 saturated heterocycles. The van der Waals surface area contributed by atoms with Gasteiger partial charge in [0.25, 0.3) is 0 Å².